The number of ether oxygens (including phenoxy) is 1. The fraction of sp³-hybridized carbons (Fsp3) is 0.667. The summed E-state index contributed by atoms with van der Waals surface area (Å²) in [6, 6.07) is 2.46. The number of rotatable bonds is 1. The number of pyridine rings is 1. The zero-order valence-corrected chi connectivity index (χ0v) is 15.2. The van der Waals surface area contributed by atoms with Crippen LogP contribution in [-0.2, 0) is 17.8 Å². The fourth-order valence-electron chi connectivity index (χ4n) is 3.67. The monoisotopic (exact) mass is 333 g/mol. The number of hydrogen-bond donors (Lipinski definition) is 1. The number of aromatic nitrogens is 1. The predicted molar refractivity (Wildman–Crippen MR) is 92.1 cm³/mol. The average Bonchev–Trinajstić information content (AvgIpc) is 2.82. The molecule has 3 heterocycles. The molecule has 6 nitrogen and oxygen atoms in total. The van der Waals surface area contributed by atoms with Gasteiger partial charge < -0.3 is 19.6 Å². The van der Waals surface area contributed by atoms with E-state index in [-0.39, 0.29) is 24.8 Å². The third kappa shape index (κ3) is 3.07. The van der Waals surface area contributed by atoms with Crippen LogP contribution in [0.25, 0.3) is 0 Å². The molecule has 1 aromatic rings. The van der Waals surface area contributed by atoms with Gasteiger partial charge in [-0.2, -0.15) is 0 Å². The van der Waals surface area contributed by atoms with Crippen LogP contribution < -0.4 is 4.90 Å². The number of aliphatic hydroxyl groups excluding tert-OH is 1. The Morgan fingerprint density at radius 3 is 2.75 bits per heavy atom. The molecule has 1 N–H and O–H groups in total. The van der Waals surface area contributed by atoms with Crippen molar-refractivity contribution >= 4 is 11.9 Å². The molecule has 0 bridgehead atoms. The second-order valence-corrected chi connectivity index (χ2v) is 7.87. The maximum Gasteiger partial charge on any atom is 0.410 e. The molecule has 6 heteroatoms. The second-order valence-electron chi connectivity index (χ2n) is 7.87. The molecular weight excluding hydrogens is 306 g/mol. The van der Waals surface area contributed by atoms with Crippen LogP contribution in [0.15, 0.2) is 6.07 Å². The minimum Gasteiger partial charge on any atom is -0.444 e. The zero-order chi connectivity index (χ0) is 17.6. The highest BCUT2D eigenvalue weighted by atomic mass is 16.6. The highest BCUT2D eigenvalue weighted by Gasteiger charge is 2.41. The van der Waals surface area contributed by atoms with Gasteiger partial charge in [-0.15, -0.1) is 0 Å². The molecule has 2 aliphatic rings. The Balaban J connectivity index is 1.81. The smallest absolute Gasteiger partial charge is 0.410 e. The maximum absolute atomic E-state index is 12.4. The van der Waals surface area contributed by atoms with Gasteiger partial charge in [0, 0.05) is 24.8 Å². The van der Waals surface area contributed by atoms with Crippen molar-refractivity contribution in [2.75, 3.05) is 18.0 Å². The van der Waals surface area contributed by atoms with Crippen LogP contribution in [0.3, 0.4) is 0 Å². The van der Waals surface area contributed by atoms with Crippen LogP contribution in [0.4, 0.5) is 10.6 Å². The molecule has 1 aromatic heterocycles. The molecule has 1 fully saturated rings. The summed E-state index contributed by atoms with van der Waals surface area (Å²) in [4.78, 5) is 21.3. The molecule has 0 saturated carbocycles. The third-order valence-electron chi connectivity index (χ3n) is 4.68. The van der Waals surface area contributed by atoms with E-state index < -0.39 is 5.60 Å². The summed E-state index contributed by atoms with van der Waals surface area (Å²) in [7, 11) is 0. The SMILES string of the molecule is Cc1nc2c(cc1CO)C[C@@H]1CN(C(=O)OC(C)(C)C)C[C@@H](C)N21. The lowest BCUT2D eigenvalue weighted by Gasteiger charge is -2.43. The first-order valence-corrected chi connectivity index (χ1v) is 8.56. The Bertz CT molecular complexity index is 654. The van der Waals surface area contributed by atoms with Gasteiger partial charge in [0.15, 0.2) is 0 Å². The van der Waals surface area contributed by atoms with Gasteiger partial charge in [-0.1, -0.05) is 0 Å². The first-order chi connectivity index (χ1) is 11.2. The molecule has 2 atom stereocenters. The summed E-state index contributed by atoms with van der Waals surface area (Å²) in [6.07, 6.45) is 0.601. The molecule has 2 aliphatic heterocycles. The number of amides is 1. The summed E-state index contributed by atoms with van der Waals surface area (Å²) in [5.74, 6) is 1.01. The third-order valence-corrected chi connectivity index (χ3v) is 4.68. The molecule has 3 rings (SSSR count). The Morgan fingerprint density at radius 1 is 1.42 bits per heavy atom. The van der Waals surface area contributed by atoms with E-state index in [2.05, 4.69) is 17.9 Å². The molecule has 0 aromatic carbocycles. The van der Waals surface area contributed by atoms with E-state index in [0.29, 0.717) is 13.1 Å². The van der Waals surface area contributed by atoms with Gasteiger partial charge in [-0.05, 0) is 58.2 Å². The largest absolute Gasteiger partial charge is 0.444 e. The molecule has 0 radical (unpaired) electrons. The molecule has 0 aliphatic carbocycles. The van der Waals surface area contributed by atoms with E-state index in [9.17, 15) is 9.90 Å². The molecule has 1 saturated heterocycles. The summed E-state index contributed by atoms with van der Waals surface area (Å²) < 4.78 is 5.53. The number of aliphatic hydroxyl groups is 1. The lowest BCUT2D eigenvalue weighted by Crippen LogP contribution is -2.58. The summed E-state index contributed by atoms with van der Waals surface area (Å²) in [5.41, 5.74) is 2.43. The summed E-state index contributed by atoms with van der Waals surface area (Å²) >= 11 is 0. The molecule has 0 spiro atoms. The number of aryl methyl sites for hydroxylation is 1. The van der Waals surface area contributed by atoms with E-state index in [1.165, 1.54) is 0 Å². The molecule has 132 valence electrons. The van der Waals surface area contributed by atoms with Gasteiger partial charge in [0.1, 0.15) is 11.4 Å². The van der Waals surface area contributed by atoms with E-state index in [4.69, 9.17) is 9.72 Å². The normalized spacial score (nSPS) is 23.1. The van der Waals surface area contributed by atoms with Crippen LogP contribution in [0.1, 0.15) is 44.5 Å². The Kier molecular flexibility index (Phi) is 4.20. The topological polar surface area (TPSA) is 65.9 Å². The van der Waals surface area contributed by atoms with Crippen molar-refractivity contribution in [2.45, 2.75) is 65.3 Å². The van der Waals surface area contributed by atoms with Crippen LogP contribution in [0.2, 0.25) is 0 Å². The Labute approximate surface area is 143 Å². The lowest BCUT2D eigenvalue weighted by molar-refractivity contribution is 0.0191. The van der Waals surface area contributed by atoms with Crippen molar-refractivity contribution in [3.8, 4) is 0 Å². The Hall–Kier alpha value is -1.82. The molecular formula is C18H27N3O3. The number of hydrogen-bond acceptors (Lipinski definition) is 5. The Morgan fingerprint density at radius 2 is 2.12 bits per heavy atom. The van der Waals surface area contributed by atoms with Gasteiger partial charge in [0.2, 0.25) is 0 Å². The van der Waals surface area contributed by atoms with Crippen LogP contribution in [-0.4, -0.2) is 51.9 Å². The van der Waals surface area contributed by atoms with Gasteiger partial charge in [0.05, 0.1) is 12.6 Å². The number of anilines is 1. The van der Waals surface area contributed by atoms with Gasteiger partial charge in [-0.3, -0.25) is 0 Å². The van der Waals surface area contributed by atoms with Crippen LogP contribution >= 0.6 is 0 Å². The number of nitrogens with zero attached hydrogens (tertiary/aromatic N) is 3. The van der Waals surface area contributed by atoms with Crippen molar-refractivity contribution in [3.05, 3.63) is 22.9 Å². The fourth-order valence-corrected chi connectivity index (χ4v) is 3.67. The highest BCUT2D eigenvalue weighted by molar-refractivity contribution is 5.69. The van der Waals surface area contributed by atoms with Crippen molar-refractivity contribution < 1.29 is 14.6 Å². The quantitative estimate of drug-likeness (QED) is 0.854. The second kappa shape index (κ2) is 5.92. The van der Waals surface area contributed by atoms with Crippen molar-refractivity contribution in [3.63, 3.8) is 0 Å². The number of piperazine rings is 1. The summed E-state index contributed by atoms with van der Waals surface area (Å²) in [5, 5.41) is 9.46. The van der Waals surface area contributed by atoms with E-state index >= 15 is 0 Å². The van der Waals surface area contributed by atoms with E-state index in [1.54, 1.807) is 0 Å². The first-order valence-electron chi connectivity index (χ1n) is 8.56. The molecule has 0 unspecified atom stereocenters. The van der Waals surface area contributed by atoms with Crippen LogP contribution in [0, 0.1) is 6.92 Å². The van der Waals surface area contributed by atoms with E-state index in [1.807, 2.05) is 32.6 Å². The zero-order valence-electron chi connectivity index (χ0n) is 15.2. The average molecular weight is 333 g/mol. The lowest BCUT2D eigenvalue weighted by atomic mass is 10.1. The van der Waals surface area contributed by atoms with Crippen molar-refractivity contribution in [1.29, 1.82) is 0 Å². The first kappa shape index (κ1) is 17.0. The van der Waals surface area contributed by atoms with Crippen molar-refractivity contribution in [1.82, 2.24) is 9.88 Å². The minimum absolute atomic E-state index is 0.0103. The standard InChI is InChI=1S/C18H27N3O3/c1-11-8-20(17(23)24-18(3,4)5)9-15-7-13-6-14(10-22)12(2)19-16(13)21(11)15/h6,11,15,22H,7-10H2,1-5H3/t11-,15-/m1/s1. The maximum atomic E-state index is 12.4. The van der Waals surface area contributed by atoms with Gasteiger partial charge >= 0.3 is 6.09 Å². The van der Waals surface area contributed by atoms with Crippen molar-refractivity contribution in [2.24, 2.45) is 0 Å². The summed E-state index contributed by atoms with van der Waals surface area (Å²) in [6.45, 7) is 11.0. The van der Waals surface area contributed by atoms with Crippen LogP contribution in [0.5, 0.6) is 0 Å². The predicted octanol–water partition coefficient (Wildman–Crippen LogP) is 2.25. The molecule has 24 heavy (non-hydrogen) atoms. The van der Waals surface area contributed by atoms with E-state index in [0.717, 1.165) is 29.1 Å². The number of carbonyl (C=O) groups excluding carboxylic acids is 1. The molecule has 1 amide bonds. The minimum atomic E-state index is -0.481. The number of fused-ring (bicyclic) bond motifs is 3. The number of carbonyl (C=O) groups is 1. The van der Waals surface area contributed by atoms with Gasteiger partial charge in [0.25, 0.3) is 0 Å². The van der Waals surface area contributed by atoms with Gasteiger partial charge in [-0.25, -0.2) is 9.78 Å². The highest BCUT2D eigenvalue weighted by Crippen LogP contribution is 2.36.